The van der Waals surface area contributed by atoms with Gasteiger partial charge in [0.25, 0.3) is 0 Å². The van der Waals surface area contributed by atoms with E-state index < -0.39 is 6.36 Å². The third-order valence-corrected chi connectivity index (χ3v) is 3.39. The van der Waals surface area contributed by atoms with E-state index in [4.69, 9.17) is 0 Å². The summed E-state index contributed by atoms with van der Waals surface area (Å²) in [6, 6.07) is 12.2. The highest BCUT2D eigenvalue weighted by Crippen LogP contribution is 2.33. The second-order valence-corrected chi connectivity index (χ2v) is 5.38. The zero-order chi connectivity index (χ0) is 15.5. The summed E-state index contributed by atoms with van der Waals surface area (Å²) in [5, 5.41) is 2.97. The average Bonchev–Trinajstić information content (AvgIpc) is 2.38. The molecule has 0 saturated heterocycles. The number of nitrogens with one attached hydrogen (secondary N) is 1. The molecule has 21 heavy (non-hydrogen) atoms. The van der Waals surface area contributed by atoms with E-state index in [1.807, 2.05) is 31.2 Å². The van der Waals surface area contributed by atoms with E-state index in [0.717, 1.165) is 11.1 Å². The maximum Gasteiger partial charge on any atom is 0.573 e. The van der Waals surface area contributed by atoms with Gasteiger partial charge in [0.05, 0.1) is 5.69 Å². The van der Waals surface area contributed by atoms with Gasteiger partial charge < -0.3 is 10.1 Å². The summed E-state index contributed by atoms with van der Waals surface area (Å²) in [6.45, 7) is 2.37. The highest BCUT2D eigenvalue weighted by atomic mass is 79.9. The van der Waals surface area contributed by atoms with Gasteiger partial charge in [0.15, 0.2) is 5.75 Å². The molecule has 0 bridgehead atoms. The Balaban J connectivity index is 2.18. The molecule has 0 aliphatic rings. The zero-order valence-electron chi connectivity index (χ0n) is 11.2. The minimum Gasteiger partial charge on any atom is -0.404 e. The lowest BCUT2D eigenvalue weighted by atomic mass is 10.1. The quantitative estimate of drug-likeness (QED) is 0.802. The van der Waals surface area contributed by atoms with Crippen LogP contribution in [0.2, 0.25) is 0 Å². The lowest BCUT2D eigenvalue weighted by molar-refractivity contribution is -0.274. The lowest BCUT2D eigenvalue weighted by Gasteiger charge is -2.15. The fraction of sp³-hybridized carbons (Fsp3) is 0.200. The Morgan fingerprint density at radius 2 is 1.86 bits per heavy atom. The minimum absolute atomic E-state index is 0.259. The van der Waals surface area contributed by atoms with Gasteiger partial charge in [0, 0.05) is 11.0 Å². The molecule has 0 aliphatic heterocycles. The molecule has 2 nitrogen and oxygen atoms in total. The molecular weight excluding hydrogens is 347 g/mol. The third kappa shape index (κ3) is 4.67. The largest absolute Gasteiger partial charge is 0.573 e. The number of aryl methyl sites for hydroxylation is 1. The average molecular weight is 360 g/mol. The van der Waals surface area contributed by atoms with Crippen molar-refractivity contribution in [3.8, 4) is 5.75 Å². The Morgan fingerprint density at radius 3 is 2.52 bits per heavy atom. The molecule has 0 atom stereocenters. The summed E-state index contributed by atoms with van der Waals surface area (Å²) in [5.41, 5.74) is 2.37. The fourth-order valence-corrected chi connectivity index (χ4v) is 2.19. The SMILES string of the molecule is Cc1ccccc1CNc1ccc(Br)cc1OC(F)(F)F. The summed E-state index contributed by atoms with van der Waals surface area (Å²) >= 11 is 3.14. The van der Waals surface area contributed by atoms with Gasteiger partial charge in [-0.2, -0.15) is 0 Å². The van der Waals surface area contributed by atoms with Crippen LogP contribution in [0.3, 0.4) is 0 Å². The van der Waals surface area contributed by atoms with Gasteiger partial charge in [-0.25, -0.2) is 0 Å². The molecule has 0 heterocycles. The molecule has 2 aromatic rings. The van der Waals surface area contributed by atoms with Crippen molar-refractivity contribution in [1.82, 2.24) is 0 Å². The Kier molecular flexibility index (Phi) is 4.77. The van der Waals surface area contributed by atoms with E-state index >= 15 is 0 Å². The van der Waals surface area contributed by atoms with Crippen LogP contribution in [-0.4, -0.2) is 6.36 Å². The van der Waals surface area contributed by atoms with Gasteiger partial charge in [-0.1, -0.05) is 40.2 Å². The van der Waals surface area contributed by atoms with E-state index in [1.54, 1.807) is 12.1 Å². The van der Waals surface area contributed by atoms with Gasteiger partial charge in [-0.05, 0) is 36.2 Å². The molecule has 2 aromatic carbocycles. The van der Waals surface area contributed by atoms with E-state index in [2.05, 4.69) is 26.0 Å². The van der Waals surface area contributed by atoms with Crippen molar-refractivity contribution in [3.05, 3.63) is 58.1 Å². The number of anilines is 1. The van der Waals surface area contributed by atoms with Gasteiger partial charge >= 0.3 is 6.36 Å². The second kappa shape index (κ2) is 6.39. The molecule has 1 N–H and O–H groups in total. The van der Waals surface area contributed by atoms with E-state index in [9.17, 15) is 13.2 Å². The number of benzene rings is 2. The first kappa shape index (κ1) is 15.7. The predicted molar refractivity (Wildman–Crippen MR) is 79.3 cm³/mol. The maximum absolute atomic E-state index is 12.4. The van der Waals surface area contributed by atoms with Gasteiger partial charge in [-0.15, -0.1) is 13.2 Å². The molecule has 0 aromatic heterocycles. The van der Waals surface area contributed by atoms with Crippen molar-refractivity contribution in [2.75, 3.05) is 5.32 Å². The first-order chi connectivity index (χ1) is 9.85. The predicted octanol–water partition coefficient (Wildman–Crippen LogP) is 5.27. The van der Waals surface area contributed by atoms with Crippen molar-refractivity contribution >= 4 is 21.6 Å². The topological polar surface area (TPSA) is 21.3 Å². The summed E-state index contributed by atoms with van der Waals surface area (Å²) in [7, 11) is 0. The Morgan fingerprint density at radius 1 is 1.14 bits per heavy atom. The Labute approximate surface area is 129 Å². The van der Waals surface area contributed by atoms with Crippen LogP contribution in [-0.2, 0) is 6.54 Å². The van der Waals surface area contributed by atoms with Crippen LogP contribution in [0.1, 0.15) is 11.1 Å². The monoisotopic (exact) mass is 359 g/mol. The summed E-state index contributed by atoms with van der Waals surface area (Å²) in [6.07, 6.45) is -4.72. The van der Waals surface area contributed by atoms with Crippen molar-refractivity contribution in [2.24, 2.45) is 0 Å². The van der Waals surface area contributed by atoms with Gasteiger partial charge in [0.2, 0.25) is 0 Å². The van der Waals surface area contributed by atoms with Crippen LogP contribution >= 0.6 is 15.9 Å². The van der Waals surface area contributed by atoms with Crippen LogP contribution < -0.4 is 10.1 Å². The molecule has 6 heteroatoms. The number of hydrogen-bond acceptors (Lipinski definition) is 2. The second-order valence-electron chi connectivity index (χ2n) is 4.47. The Hall–Kier alpha value is -1.69. The van der Waals surface area contributed by atoms with Crippen molar-refractivity contribution in [2.45, 2.75) is 19.8 Å². The Bertz CT molecular complexity index is 629. The maximum atomic E-state index is 12.4. The number of ether oxygens (including phenoxy) is 1. The molecule has 0 unspecified atom stereocenters. The van der Waals surface area contributed by atoms with Crippen LogP contribution in [0.5, 0.6) is 5.75 Å². The van der Waals surface area contributed by atoms with Crippen LogP contribution in [0, 0.1) is 6.92 Å². The molecule has 0 radical (unpaired) electrons. The number of rotatable bonds is 4. The standard InChI is InChI=1S/C15H13BrF3NO/c1-10-4-2-3-5-11(10)9-20-13-7-6-12(16)8-14(13)21-15(17,18)19/h2-8,20H,9H2,1H3. The van der Waals surface area contributed by atoms with Gasteiger partial charge in [0.1, 0.15) is 0 Å². The van der Waals surface area contributed by atoms with Gasteiger partial charge in [-0.3, -0.25) is 0 Å². The number of alkyl halides is 3. The van der Waals surface area contributed by atoms with Crippen LogP contribution in [0.15, 0.2) is 46.9 Å². The van der Waals surface area contributed by atoms with Crippen molar-refractivity contribution in [1.29, 1.82) is 0 Å². The zero-order valence-corrected chi connectivity index (χ0v) is 12.8. The summed E-state index contributed by atoms with van der Waals surface area (Å²) in [4.78, 5) is 0. The fourth-order valence-electron chi connectivity index (χ4n) is 1.85. The van der Waals surface area contributed by atoms with E-state index in [0.29, 0.717) is 16.7 Å². The highest BCUT2D eigenvalue weighted by molar-refractivity contribution is 9.10. The van der Waals surface area contributed by atoms with Crippen molar-refractivity contribution in [3.63, 3.8) is 0 Å². The number of halogens is 4. The highest BCUT2D eigenvalue weighted by Gasteiger charge is 2.32. The first-order valence-corrected chi connectivity index (χ1v) is 6.98. The number of hydrogen-bond donors (Lipinski definition) is 1. The summed E-state index contributed by atoms with van der Waals surface area (Å²) < 4.78 is 41.8. The summed E-state index contributed by atoms with van der Waals surface area (Å²) in [5.74, 6) is -0.259. The molecule has 0 spiro atoms. The van der Waals surface area contributed by atoms with Crippen LogP contribution in [0.4, 0.5) is 18.9 Å². The third-order valence-electron chi connectivity index (χ3n) is 2.90. The van der Waals surface area contributed by atoms with Crippen molar-refractivity contribution < 1.29 is 17.9 Å². The minimum atomic E-state index is -4.72. The molecule has 2 rings (SSSR count). The molecule has 0 aliphatic carbocycles. The van der Waals surface area contributed by atoms with E-state index in [1.165, 1.54) is 6.07 Å². The van der Waals surface area contributed by atoms with Crippen LogP contribution in [0.25, 0.3) is 0 Å². The lowest BCUT2D eigenvalue weighted by Crippen LogP contribution is -2.18. The smallest absolute Gasteiger partial charge is 0.404 e. The normalized spacial score (nSPS) is 11.3. The van der Waals surface area contributed by atoms with E-state index in [-0.39, 0.29) is 5.75 Å². The molecule has 112 valence electrons. The first-order valence-electron chi connectivity index (χ1n) is 6.19. The molecule has 0 saturated carbocycles. The molecule has 0 fully saturated rings. The molecular formula is C15H13BrF3NO. The molecule has 0 amide bonds.